The van der Waals surface area contributed by atoms with Gasteiger partial charge in [-0.2, -0.15) is 0 Å². The molecule has 0 unspecified atom stereocenters. The number of amides is 4. The van der Waals surface area contributed by atoms with Crippen LogP contribution in [0.15, 0.2) is 54.6 Å². The average Bonchev–Trinajstić information content (AvgIpc) is 3.24. The lowest BCUT2D eigenvalue weighted by atomic mass is 10.0. The van der Waals surface area contributed by atoms with Crippen LogP contribution in [0.2, 0.25) is 0 Å². The van der Waals surface area contributed by atoms with Crippen molar-refractivity contribution in [2.75, 3.05) is 32.3 Å². The van der Waals surface area contributed by atoms with Crippen LogP contribution < -0.4 is 9.64 Å². The summed E-state index contributed by atoms with van der Waals surface area (Å²) >= 11 is 0. The molecule has 0 radical (unpaired) electrons. The summed E-state index contributed by atoms with van der Waals surface area (Å²) in [6.07, 6.45) is 0.543. The Morgan fingerprint density at radius 1 is 1.03 bits per heavy atom. The summed E-state index contributed by atoms with van der Waals surface area (Å²) < 4.78 is 10.2. The van der Waals surface area contributed by atoms with Gasteiger partial charge in [-0.25, -0.2) is 9.69 Å². The van der Waals surface area contributed by atoms with Gasteiger partial charge in [0.15, 0.2) is 0 Å². The van der Waals surface area contributed by atoms with E-state index in [2.05, 4.69) is 0 Å². The molecule has 2 heterocycles. The predicted octanol–water partition coefficient (Wildman–Crippen LogP) is 2.28. The Balaban J connectivity index is 1.72. The largest absolute Gasteiger partial charge is 0.497 e. The number of hydrogen-bond donors (Lipinski definition) is 0. The first-order chi connectivity index (χ1) is 15.0. The molecule has 2 atom stereocenters. The van der Waals surface area contributed by atoms with Gasteiger partial charge in [-0.3, -0.25) is 9.59 Å². The number of ether oxygens (including phenoxy) is 2. The highest BCUT2D eigenvalue weighted by atomic mass is 16.5. The standard InChI is InChI=1S/C23H25N3O5/c1-30-15-20(27)24-13-12-19-21(24)22(28)26(17-8-10-18(31-2)11-9-17)23(29)25(19)14-16-6-4-3-5-7-16/h3-11,19,21H,12-15H2,1-2H3/t19-,21+/m1/s1. The van der Waals surface area contributed by atoms with Gasteiger partial charge in [0.25, 0.3) is 5.91 Å². The summed E-state index contributed by atoms with van der Waals surface area (Å²) in [6.45, 7) is 0.650. The molecule has 4 rings (SSSR count). The number of benzene rings is 2. The molecule has 8 heteroatoms. The van der Waals surface area contributed by atoms with Crippen LogP contribution >= 0.6 is 0 Å². The van der Waals surface area contributed by atoms with E-state index in [1.807, 2.05) is 30.3 Å². The highest BCUT2D eigenvalue weighted by Crippen LogP contribution is 2.34. The minimum atomic E-state index is -0.744. The van der Waals surface area contributed by atoms with Crippen LogP contribution in [-0.2, 0) is 20.9 Å². The van der Waals surface area contributed by atoms with Crippen molar-refractivity contribution >= 4 is 23.5 Å². The summed E-state index contributed by atoms with van der Waals surface area (Å²) in [7, 11) is 3.00. The SMILES string of the molecule is COCC(=O)N1CC[C@@H]2[C@H]1C(=O)N(c1ccc(OC)cc1)C(=O)N2Cc1ccccc1. The van der Waals surface area contributed by atoms with E-state index in [0.29, 0.717) is 30.9 Å². The van der Waals surface area contributed by atoms with Crippen molar-refractivity contribution < 1.29 is 23.9 Å². The molecule has 0 bridgehead atoms. The van der Waals surface area contributed by atoms with E-state index in [9.17, 15) is 14.4 Å². The molecule has 2 aliphatic rings. The molecule has 4 amide bonds. The van der Waals surface area contributed by atoms with Crippen LogP contribution in [0.1, 0.15) is 12.0 Å². The second-order valence-corrected chi connectivity index (χ2v) is 7.59. The normalized spacial score (nSPS) is 20.8. The monoisotopic (exact) mass is 423 g/mol. The van der Waals surface area contributed by atoms with Crippen molar-refractivity contribution in [3.05, 3.63) is 60.2 Å². The fourth-order valence-electron chi connectivity index (χ4n) is 4.32. The summed E-state index contributed by atoms with van der Waals surface area (Å²) in [5.74, 6) is -0.0316. The molecular weight excluding hydrogens is 398 g/mol. The topological polar surface area (TPSA) is 79.4 Å². The third-order valence-corrected chi connectivity index (χ3v) is 5.79. The zero-order chi connectivity index (χ0) is 22.0. The quantitative estimate of drug-likeness (QED) is 0.712. The van der Waals surface area contributed by atoms with Crippen LogP contribution in [0.25, 0.3) is 0 Å². The molecule has 0 aromatic heterocycles. The number of carbonyl (C=O) groups excluding carboxylic acids is 3. The fourth-order valence-corrected chi connectivity index (χ4v) is 4.32. The van der Waals surface area contributed by atoms with E-state index < -0.39 is 11.9 Å². The first kappa shape index (κ1) is 20.9. The number of carbonyl (C=O) groups is 3. The van der Waals surface area contributed by atoms with E-state index in [-0.39, 0.29) is 24.6 Å². The Bertz CT molecular complexity index is 963. The lowest BCUT2D eigenvalue weighted by Gasteiger charge is -2.43. The fraction of sp³-hybridized carbons (Fsp3) is 0.348. The van der Waals surface area contributed by atoms with Crippen molar-refractivity contribution in [2.24, 2.45) is 0 Å². The molecule has 0 saturated carbocycles. The van der Waals surface area contributed by atoms with Crippen molar-refractivity contribution in [1.29, 1.82) is 0 Å². The number of hydrogen-bond acceptors (Lipinski definition) is 5. The van der Waals surface area contributed by atoms with E-state index in [1.165, 1.54) is 16.9 Å². The van der Waals surface area contributed by atoms with Gasteiger partial charge in [-0.05, 0) is 36.2 Å². The molecule has 31 heavy (non-hydrogen) atoms. The minimum absolute atomic E-state index is 0.105. The summed E-state index contributed by atoms with van der Waals surface area (Å²) in [5, 5.41) is 0. The number of urea groups is 1. The van der Waals surface area contributed by atoms with Gasteiger partial charge in [0.2, 0.25) is 5.91 Å². The number of methoxy groups -OCH3 is 2. The zero-order valence-electron chi connectivity index (χ0n) is 17.6. The zero-order valence-corrected chi connectivity index (χ0v) is 17.6. The molecule has 0 N–H and O–H groups in total. The second kappa shape index (κ2) is 8.77. The maximum absolute atomic E-state index is 13.5. The number of nitrogens with zero attached hydrogens (tertiary/aromatic N) is 3. The van der Waals surface area contributed by atoms with E-state index in [0.717, 1.165) is 5.56 Å². The van der Waals surface area contributed by atoms with Crippen LogP contribution in [0.4, 0.5) is 10.5 Å². The Kier molecular flexibility index (Phi) is 5.90. The van der Waals surface area contributed by atoms with Crippen LogP contribution in [0.5, 0.6) is 5.75 Å². The van der Waals surface area contributed by atoms with Crippen molar-refractivity contribution in [1.82, 2.24) is 9.80 Å². The molecule has 0 spiro atoms. The number of likely N-dealkylation sites (tertiary alicyclic amines) is 1. The summed E-state index contributed by atoms with van der Waals surface area (Å²) in [5.41, 5.74) is 1.40. The lowest BCUT2D eigenvalue weighted by molar-refractivity contribution is -0.141. The first-order valence-electron chi connectivity index (χ1n) is 10.2. The molecule has 2 aliphatic heterocycles. The van der Waals surface area contributed by atoms with Gasteiger partial charge < -0.3 is 19.3 Å². The van der Waals surface area contributed by atoms with Gasteiger partial charge in [0.1, 0.15) is 18.4 Å². The predicted molar refractivity (Wildman–Crippen MR) is 114 cm³/mol. The van der Waals surface area contributed by atoms with Gasteiger partial charge >= 0.3 is 6.03 Å². The van der Waals surface area contributed by atoms with Crippen molar-refractivity contribution in [3.63, 3.8) is 0 Å². The number of fused-ring (bicyclic) bond motifs is 1. The summed E-state index contributed by atoms with van der Waals surface area (Å²) in [4.78, 5) is 44.1. The Labute approximate surface area is 180 Å². The smallest absolute Gasteiger partial charge is 0.332 e. The Morgan fingerprint density at radius 2 is 1.74 bits per heavy atom. The Hall–Kier alpha value is -3.39. The minimum Gasteiger partial charge on any atom is -0.497 e. The third kappa shape index (κ3) is 3.86. The van der Waals surface area contributed by atoms with Gasteiger partial charge in [-0.15, -0.1) is 0 Å². The highest BCUT2D eigenvalue weighted by molar-refractivity contribution is 6.19. The molecule has 0 aliphatic carbocycles. The Morgan fingerprint density at radius 3 is 2.39 bits per heavy atom. The van der Waals surface area contributed by atoms with Gasteiger partial charge in [0.05, 0.1) is 18.8 Å². The third-order valence-electron chi connectivity index (χ3n) is 5.79. The number of imide groups is 1. The van der Waals surface area contributed by atoms with Crippen molar-refractivity contribution in [3.8, 4) is 5.75 Å². The number of anilines is 1. The molecule has 8 nitrogen and oxygen atoms in total. The number of rotatable bonds is 6. The molecule has 2 aromatic rings. The van der Waals surface area contributed by atoms with Gasteiger partial charge in [-0.1, -0.05) is 30.3 Å². The van der Waals surface area contributed by atoms with E-state index in [4.69, 9.17) is 9.47 Å². The van der Waals surface area contributed by atoms with Crippen LogP contribution in [0.3, 0.4) is 0 Å². The molecule has 2 aromatic carbocycles. The maximum atomic E-state index is 13.5. The maximum Gasteiger partial charge on any atom is 0.332 e. The van der Waals surface area contributed by atoms with E-state index in [1.54, 1.807) is 36.3 Å². The highest BCUT2D eigenvalue weighted by Gasteiger charge is 2.53. The average molecular weight is 423 g/mol. The molecule has 2 fully saturated rings. The van der Waals surface area contributed by atoms with Crippen molar-refractivity contribution in [2.45, 2.75) is 25.0 Å². The molecule has 2 saturated heterocycles. The molecular formula is C23H25N3O5. The lowest BCUT2D eigenvalue weighted by Crippen LogP contribution is -2.66. The van der Waals surface area contributed by atoms with Crippen LogP contribution in [-0.4, -0.2) is 67.1 Å². The summed E-state index contributed by atoms with van der Waals surface area (Å²) in [6, 6.07) is 14.9. The second-order valence-electron chi connectivity index (χ2n) is 7.59. The van der Waals surface area contributed by atoms with E-state index >= 15 is 0 Å². The van der Waals surface area contributed by atoms with Gasteiger partial charge in [0, 0.05) is 20.2 Å². The van der Waals surface area contributed by atoms with Crippen LogP contribution in [0, 0.1) is 0 Å². The first-order valence-corrected chi connectivity index (χ1v) is 10.2. The molecule has 162 valence electrons.